The minimum atomic E-state index is -4.13. The molecule has 0 spiro atoms. The maximum atomic E-state index is 12.4. The molecule has 3 atom stereocenters. The molecule has 0 heterocycles. The van der Waals surface area contributed by atoms with E-state index >= 15 is 0 Å². The molecule has 1 aromatic rings. The first-order valence-electron chi connectivity index (χ1n) is 7.40. The molecule has 1 aliphatic rings. The molecular weight excluding hydrogens is 295 g/mol. The topological polar surface area (TPSA) is 12.0 Å². The number of benzene rings is 1. The van der Waals surface area contributed by atoms with Crippen LogP contribution in [0.2, 0.25) is 0 Å². The Morgan fingerprint density at radius 2 is 1.90 bits per heavy atom. The summed E-state index contributed by atoms with van der Waals surface area (Å²) in [6.07, 6.45) is -0.693. The van der Waals surface area contributed by atoms with Gasteiger partial charge in [0, 0.05) is 16.6 Å². The summed E-state index contributed by atoms with van der Waals surface area (Å²) in [6, 6.07) is 7.65. The normalized spacial score (nSPS) is 26.6. The highest BCUT2D eigenvalue weighted by Crippen LogP contribution is 2.35. The van der Waals surface area contributed by atoms with Crippen molar-refractivity contribution in [2.24, 2.45) is 11.8 Å². The number of rotatable bonds is 4. The Balaban J connectivity index is 2.02. The molecule has 0 radical (unpaired) electrons. The number of halogens is 3. The van der Waals surface area contributed by atoms with Crippen LogP contribution in [0, 0.1) is 11.8 Å². The van der Waals surface area contributed by atoms with Crippen molar-refractivity contribution in [3.8, 4) is 0 Å². The molecule has 1 N–H and O–H groups in total. The highest BCUT2D eigenvalue weighted by Gasteiger charge is 2.29. The van der Waals surface area contributed by atoms with Gasteiger partial charge in [0.1, 0.15) is 0 Å². The second-order valence-corrected chi connectivity index (χ2v) is 7.06. The molecule has 0 saturated heterocycles. The van der Waals surface area contributed by atoms with Crippen LogP contribution in [0.1, 0.15) is 33.1 Å². The monoisotopic (exact) mass is 317 g/mol. The van der Waals surface area contributed by atoms with Crippen LogP contribution in [0.15, 0.2) is 29.2 Å². The van der Waals surface area contributed by atoms with Gasteiger partial charge in [0.25, 0.3) is 0 Å². The van der Waals surface area contributed by atoms with E-state index in [2.05, 4.69) is 19.2 Å². The van der Waals surface area contributed by atoms with Gasteiger partial charge >= 0.3 is 6.18 Å². The number of hydrogen-bond donors (Lipinski definition) is 1. The lowest BCUT2D eigenvalue weighted by Gasteiger charge is -2.34. The highest BCUT2D eigenvalue weighted by molar-refractivity contribution is 7.99. The number of alkyl halides is 3. The largest absolute Gasteiger partial charge is 0.398 e. The molecule has 1 fully saturated rings. The van der Waals surface area contributed by atoms with E-state index in [1.165, 1.54) is 12.8 Å². The fourth-order valence-electron chi connectivity index (χ4n) is 2.95. The van der Waals surface area contributed by atoms with Crippen molar-refractivity contribution in [1.82, 2.24) is 0 Å². The first-order valence-corrected chi connectivity index (χ1v) is 8.39. The molecule has 1 nitrogen and oxygen atoms in total. The van der Waals surface area contributed by atoms with Crippen molar-refractivity contribution in [3.05, 3.63) is 24.3 Å². The van der Waals surface area contributed by atoms with E-state index in [9.17, 15) is 13.2 Å². The van der Waals surface area contributed by atoms with Crippen molar-refractivity contribution in [2.45, 2.75) is 50.2 Å². The Kier molecular flexibility index (Phi) is 5.47. The van der Waals surface area contributed by atoms with Crippen LogP contribution >= 0.6 is 11.8 Å². The van der Waals surface area contributed by atoms with E-state index < -0.39 is 11.9 Å². The summed E-state index contributed by atoms with van der Waals surface area (Å²) in [5, 5.41) is 3.47. The van der Waals surface area contributed by atoms with Gasteiger partial charge in [0.15, 0.2) is 0 Å². The van der Waals surface area contributed by atoms with Crippen LogP contribution in [0.5, 0.6) is 0 Å². The third-order valence-electron chi connectivity index (χ3n) is 4.05. The summed E-state index contributed by atoms with van der Waals surface area (Å²) in [7, 11) is 0. The summed E-state index contributed by atoms with van der Waals surface area (Å²) < 4.78 is 37.2. The zero-order chi connectivity index (χ0) is 15.5. The summed E-state index contributed by atoms with van der Waals surface area (Å²) in [4.78, 5) is 0.681. The van der Waals surface area contributed by atoms with Gasteiger partial charge in [-0.1, -0.05) is 26.0 Å². The molecule has 0 amide bonds. The van der Waals surface area contributed by atoms with Crippen molar-refractivity contribution < 1.29 is 13.2 Å². The zero-order valence-electron chi connectivity index (χ0n) is 12.4. The fourth-order valence-corrected chi connectivity index (χ4v) is 3.73. The molecule has 21 heavy (non-hydrogen) atoms. The van der Waals surface area contributed by atoms with Gasteiger partial charge in [0.05, 0.1) is 5.75 Å². The fraction of sp³-hybridized carbons (Fsp3) is 0.625. The minimum Gasteiger partial charge on any atom is -0.381 e. The van der Waals surface area contributed by atoms with E-state index in [-0.39, 0.29) is 0 Å². The number of nitrogens with one attached hydrogen (secondary N) is 1. The average molecular weight is 317 g/mol. The molecule has 1 saturated carbocycles. The molecule has 3 unspecified atom stereocenters. The van der Waals surface area contributed by atoms with Gasteiger partial charge in [-0.2, -0.15) is 13.2 Å². The molecule has 0 bridgehead atoms. The molecular formula is C16H22F3NS. The van der Waals surface area contributed by atoms with Crippen LogP contribution in [0.3, 0.4) is 0 Å². The SMILES string of the molecule is CC1CCC(Nc2ccccc2SCC(F)(F)F)C(C)C1. The van der Waals surface area contributed by atoms with E-state index in [0.29, 0.717) is 16.9 Å². The molecule has 1 aliphatic carbocycles. The smallest absolute Gasteiger partial charge is 0.381 e. The molecule has 0 aliphatic heterocycles. The van der Waals surface area contributed by atoms with Crippen LogP contribution in [-0.2, 0) is 0 Å². The predicted octanol–water partition coefficient (Wildman–Crippen LogP) is 5.58. The summed E-state index contributed by atoms with van der Waals surface area (Å²) in [5.74, 6) is 0.450. The van der Waals surface area contributed by atoms with Gasteiger partial charge in [0.2, 0.25) is 0 Å². The number of anilines is 1. The zero-order valence-corrected chi connectivity index (χ0v) is 13.2. The summed E-state index contributed by atoms with van der Waals surface area (Å²) >= 11 is 0.857. The average Bonchev–Trinajstić information content (AvgIpc) is 2.40. The molecule has 1 aromatic carbocycles. The Hall–Kier alpha value is -0.840. The first-order chi connectivity index (χ1) is 9.85. The van der Waals surface area contributed by atoms with Crippen molar-refractivity contribution in [2.75, 3.05) is 11.1 Å². The van der Waals surface area contributed by atoms with Gasteiger partial charge in [-0.05, 0) is 43.2 Å². The standard InChI is InChI=1S/C16H22F3NS/c1-11-7-8-13(12(2)9-11)20-14-5-3-4-6-15(14)21-10-16(17,18)19/h3-6,11-13,20H,7-10H2,1-2H3. The van der Waals surface area contributed by atoms with E-state index in [0.717, 1.165) is 29.8 Å². The number of hydrogen-bond acceptors (Lipinski definition) is 2. The lowest BCUT2D eigenvalue weighted by atomic mass is 9.80. The number of para-hydroxylation sites is 1. The Morgan fingerprint density at radius 1 is 1.19 bits per heavy atom. The van der Waals surface area contributed by atoms with Crippen molar-refractivity contribution in [3.63, 3.8) is 0 Å². The Bertz CT molecular complexity index is 461. The van der Waals surface area contributed by atoms with Gasteiger partial charge in [-0.25, -0.2) is 0 Å². The third-order valence-corrected chi connectivity index (χ3v) is 5.19. The predicted molar refractivity (Wildman–Crippen MR) is 82.8 cm³/mol. The van der Waals surface area contributed by atoms with Crippen LogP contribution < -0.4 is 5.32 Å². The lowest BCUT2D eigenvalue weighted by Crippen LogP contribution is -2.33. The second kappa shape index (κ2) is 6.95. The second-order valence-electron chi connectivity index (χ2n) is 6.05. The van der Waals surface area contributed by atoms with Crippen molar-refractivity contribution in [1.29, 1.82) is 0 Å². The molecule has 0 aromatic heterocycles. The maximum absolute atomic E-state index is 12.4. The summed E-state index contributed by atoms with van der Waals surface area (Å²) in [5.41, 5.74) is 0.832. The van der Waals surface area contributed by atoms with Gasteiger partial charge in [-0.15, -0.1) is 11.8 Å². The Morgan fingerprint density at radius 3 is 2.57 bits per heavy atom. The van der Waals surface area contributed by atoms with Crippen LogP contribution in [0.25, 0.3) is 0 Å². The van der Waals surface area contributed by atoms with Gasteiger partial charge in [-0.3, -0.25) is 0 Å². The quantitative estimate of drug-likeness (QED) is 0.728. The van der Waals surface area contributed by atoms with E-state index in [1.54, 1.807) is 12.1 Å². The van der Waals surface area contributed by atoms with Crippen LogP contribution in [0.4, 0.5) is 18.9 Å². The maximum Gasteiger partial charge on any atom is 0.398 e. The lowest BCUT2D eigenvalue weighted by molar-refractivity contribution is -0.105. The number of thioether (sulfide) groups is 1. The Labute approximate surface area is 128 Å². The van der Waals surface area contributed by atoms with Gasteiger partial charge < -0.3 is 5.32 Å². The first kappa shape index (κ1) is 16.5. The van der Waals surface area contributed by atoms with Crippen LogP contribution in [-0.4, -0.2) is 18.0 Å². The van der Waals surface area contributed by atoms with Crippen molar-refractivity contribution >= 4 is 17.4 Å². The van der Waals surface area contributed by atoms with E-state index in [4.69, 9.17) is 0 Å². The highest BCUT2D eigenvalue weighted by atomic mass is 32.2. The molecule has 5 heteroatoms. The minimum absolute atomic E-state index is 0.355. The van der Waals surface area contributed by atoms with E-state index in [1.807, 2.05) is 12.1 Å². The molecule has 118 valence electrons. The summed E-state index contributed by atoms with van der Waals surface area (Å²) in [6.45, 7) is 4.48. The molecule has 2 rings (SSSR count). The third kappa shape index (κ3) is 5.13.